The van der Waals surface area contributed by atoms with Crippen molar-refractivity contribution in [3.05, 3.63) is 54.1 Å². The van der Waals surface area contributed by atoms with Crippen LogP contribution in [0.2, 0.25) is 0 Å². The lowest BCUT2D eigenvalue weighted by Crippen LogP contribution is -1.72. The molecule has 2 aromatic heterocycles. The van der Waals surface area contributed by atoms with Gasteiger partial charge in [0.15, 0.2) is 0 Å². The van der Waals surface area contributed by atoms with E-state index >= 15 is 0 Å². The number of imidazole rings is 1. The first-order chi connectivity index (χ1) is 9.29. The molecule has 0 bridgehead atoms. The molecule has 0 spiro atoms. The lowest BCUT2D eigenvalue weighted by atomic mass is 10.2. The summed E-state index contributed by atoms with van der Waals surface area (Å²) in [5.41, 5.74) is 3.38. The molecule has 3 heteroatoms. The fourth-order valence-electron chi connectivity index (χ4n) is 2.34. The van der Waals surface area contributed by atoms with E-state index in [2.05, 4.69) is 65.4 Å². The molecule has 0 aliphatic rings. The average Bonchev–Trinajstić information content (AvgIpc) is 3.00. The highest BCUT2D eigenvalue weighted by atomic mass is 32.1. The predicted octanol–water partition coefficient (Wildman–Crippen LogP) is 4.75. The van der Waals surface area contributed by atoms with Crippen molar-refractivity contribution in [3.8, 4) is 10.7 Å². The molecule has 19 heavy (non-hydrogen) atoms. The van der Waals surface area contributed by atoms with Gasteiger partial charge in [0.2, 0.25) is 0 Å². The van der Waals surface area contributed by atoms with Crippen LogP contribution >= 0.6 is 11.3 Å². The quantitative estimate of drug-likeness (QED) is 0.528. The summed E-state index contributed by atoms with van der Waals surface area (Å²) in [5, 5.41) is 1.28. The first-order valence-electron chi connectivity index (χ1n) is 6.25. The highest BCUT2D eigenvalue weighted by Gasteiger charge is 2.08. The summed E-state index contributed by atoms with van der Waals surface area (Å²) in [5.74, 6) is 0.960. The van der Waals surface area contributed by atoms with Gasteiger partial charge < -0.3 is 4.98 Å². The highest BCUT2D eigenvalue weighted by molar-refractivity contribution is 7.22. The van der Waals surface area contributed by atoms with Gasteiger partial charge in [-0.3, -0.25) is 0 Å². The molecular formula is C16H12N2S. The molecule has 0 atom stereocenters. The maximum absolute atomic E-state index is 4.67. The van der Waals surface area contributed by atoms with Crippen LogP contribution in [0.5, 0.6) is 0 Å². The number of aromatic nitrogens is 2. The van der Waals surface area contributed by atoms with E-state index in [4.69, 9.17) is 0 Å². The molecule has 92 valence electrons. The summed E-state index contributed by atoms with van der Waals surface area (Å²) in [6.45, 7) is 2.10. The van der Waals surface area contributed by atoms with Gasteiger partial charge in [-0.15, -0.1) is 11.3 Å². The molecule has 2 aromatic carbocycles. The van der Waals surface area contributed by atoms with Gasteiger partial charge in [0, 0.05) is 4.70 Å². The van der Waals surface area contributed by atoms with Gasteiger partial charge >= 0.3 is 0 Å². The SMILES string of the molecule is Cc1ccc2nc(-c3cc4ccccc4s3)[nH]c2c1. The van der Waals surface area contributed by atoms with Crippen LogP contribution in [0, 0.1) is 6.92 Å². The lowest BCUT2D eigenvalue weighted by Gasteiger charge is -1.89. The van der Waals surface area contributed by atoms with Crippen molar-refractivity contribution >= 4 is 32.5 Å². The Labute approximate surface area is 114 Å². The maximum atomic E-state index is 4.67. The Morgan fingerprint density at radius 2 is 1.95 bits per heavy atom. The van der Waals surface area contributed by atoms with E-state index in [0.717, 1.165) is 16.9 Å². The topological polar surface area (TPSA) is 28.7 Å². The fraction of sp³-hybridized carbons (Fsp3) is 0.0625. The standard InChI is InChI=1S/C16H12N2S/c1-10-6-7-12-13(8-10)18-16(17-12)15-9-11-4-2-3-5-14(11)19-15/h2-9H,1H3,(H,17,18). The van der Waals surface area contributed by atoms with E-state index in [1.54, 1.807) is 11.3 Å². The van der Waals surface area contributed by atoms with Crippen LogP contribution in [0.4, 0.5) is 0 Å². The number of nitrogens with one attached hydrogen (secondary N) is 1. The molecule has 2 nitrogen and oxygen atoms in total. The van der Waals surface area contributed by atoms with Crippen molar-refractivity contribution in [2.75, 3.05) is 0 Å². The minimum absolute atomic E-state index is 0.960. The summed E-state index contributed by atoms with van der Waals surface area (Å²) in [6.07, 6.45) is 0. The van der Waals surface area contributed by atoms with Gasteiger partial charge in [0.05, 0.1) is 15.9 Å². The van der Waals surface area contributed by atoms with E-state index in [0.29, 0.717) is 0 Å². The summed E-state index contributed by atoms with van der Waals surface area (Å²) >= 11 is 1.78. The van der Waals surface area contributed by atoms with E-state index in [1.165, 1.54) is 20.5 Å². The molecule has 0 aliphatic heterocycles. The lowest BCUT2D eigenvalue weighted by molar-refractivity contribution is 1.36. The molecular weight excluding hydrogens is 252 g/mol. The van der Waals surface area contributed by atoms with E-state index in [9.17, 15) is 0 Å². The second kappa shape index (κ2) is 3.93. The van der Waals surface area contributed by atoms with Gasteiger partial charge in [-0.05, 0) is 42.1 Å². The second-order valence-electron chi connectivity index (χ2n) is 4.75. The molecule has 0 saturated heterocycles. The summed E-state index contributed by atoms with van der Waals surface area (Å²) in [4.78, 5) is 9.28. The van der Waals surface area contributed by atoms with E-state index < -0.39 is 0 Å². The van der Waals surface area contributed by atoms with Crippen molar-refractivity contribution in [1.29, 1.82) is 0 Å². The van der Waals surface area contributed by atoms with E-state index in [-0.39, 0.29) is 0 Å². The van der Waals surface area contributed by atoms with Crippen LogP contribution in [-0.2, 0) is 0 Å². The smallest absolute Gasteiger partial charge is 0.148 e. The predicted molar refractivity (Wildman–Crippen MR) is 81.6 cm³/mol. The normalized spacial score (nSPS) is 11.4. The number of hydrogen-bond acceptors (Lipinski definition) is 2. The number of fused-ring (bicyclic) bond motifs is 2. The maximum Gasteiger partial charge on any atom is 0.148 e. The molecule has 2 heterocycles. The Morgan fingerprint density at radius 3 is 2.84 bits per heavy atom. The van der Waals surface area contributed by atoms with Gasteiger partial charge in [-0.1, -0.05) is 24.3 Å². The minimum Gasteiger partial charge on any atom is -0.337 e. The van der Waals surface area contributed by atoms with Crippen LogP contribution in [0.3, 0.4) is 0 Å². The Balaban J connectivity index is 1.93. The largest absolute Gasteiger partial charge is 0.337 e. The molecule has 0 radical (unpaired) electrons. The van der Waals surface area contributed by atoms with Gasteiger partial charge in [0.1, 0.15) is 5.82 Å². The number of thiophene rings is 1. The number of aryl methyl sites for hydroxylation is 1. The fourth-order valence-corrected chi connectivity index (χ4v) is 3.35. The molecule has 0 amide bonds. The molecule has 4 rings (SSSR count). The van der Waals surface area contributed by atoms with Crippen LogP contribution in [0.25, 0.3) is 31.8 Å². The molecule has 0 aliphatic carbocycles. The Kier molecular flexibility index (Phi) is 2.23. The molecule has 0 unspecified atom stereocenters. The van der Waals surface area contributed by atoms with Crippen LogP contribution < -0.4 is 0 Å². The van der Waals surface area contributed by atoms with Gasteiger partial charge in [-0.25, -0.2) is 4.98 Å². The van der Waals surface area contributed by atoms with Crippen molar-refractivity contribution in [3.63, 3.8) is 0 Å². The third-order valence-electron chi connectivity index (χ3n) is 3.30. The first-order valence-corrected chi connectivity index (χ1v) is 7.06. The number of nitrogens with zero attached hydrogens (tertiary/aromatic N) is 1. The van der Waals surface area contributed by atoms with Crippen LogP contribution in [0.15, 0.2) is 48.5 Å². The number of H-pyrrole nitrogens is 1. The number of hydrogen-bond donors (Lipinski definition) is 1. The summed E-state index contributed by atoms with van der Waals surface area (Å²) in [6, 6.07) is 16.9. The Morgan fingerprint density at radius 1 is 1.05 bits per heavy atom. The average molecular weight is 264 g/mol. The van der Waals surface area contributed by atoms with Crippen molar-refractivity contribution < 1.29 is 0 Å². The summed E-state index contributed by atoms with van der Waals surface area (Å²) < 4.78 is 1.30. The highest BCUT2D eigenvalue weighted by Crippen LogP contribution is 2.32. The zero-order valence-electron chi connectivity index (χ0n) is 10.5. The van der Waals surface area contributed by atoms with E-state index in [1.807, 2.05) is 0 Å². The summed E-state index contributed by atoms with van der Waals surface area (Å²) in [7, 11) is 0. The minimum atomic E-state index is 0.960. The van der Waals surface area contributed by atoms with Gasteiger partial charge in [-0.2, -0.15) is 0 Å². The molecule has 0 fully saturated rings. The third-order valence-corrected chi connectivity index (χ3v) is 4.42. The van der Waals surface area contributed by atoms with Crippen LogP contribution in [0.1, 0.15) is 5.56 Å². The second-order valence-corrected chi connectivity index (χ2v) is 5.84. The van der Waals surface area contributed by atoms with Crippen molar-refractivity contribution in [1.82, 2.24) is 9.97 Å². The van der Waals surface area contributed by atoms with Crippen molar-refractivity contribution in [2.24, 2.45) is 0 Å². The number of aromatic amines is 1. The monoisotopic (exact) mass is 264 g/mol. The number of rotatable bonds is 1. The Bertz CT molecular complexity index is 853. The zero-order chi connectivity index (χ0) is 12.8. The molecule has 0 saturated carbocycles. The first kappa shape index (κ1) is 10.8. The van der Waals surface area contributed by atoms with Gasteiger partial charge in [0.25, 0.3) is 0 Å². The Hall–Kier alpha value is -2.13. The molecule has 4 aromatic rings. The van der Waals surface area contributed by atoms with Crippen LogP contribution in [-0.4, -0.2) is 9.97 Å². The van der Waals surface area contributed by atoms with Crippen molar-refractivity contribution in [2.45, 2.75) is 6.92 Å². The number of benzene rings is 2. The molecule has 1 N–H and O–H groups in total. The zero-order valence-corrected chi connectivity index (χ0v) is 11.3. The third kappa shape index (κ3) is 1.74.